The minimum Gasteiger partial charge on any atom is -0.395 e. The molecule has 3 aromatic rings. The van der Waals surface area contributed by atoms with Crippen molar-refractivity contribution >= 4 is 28.3 Å². The first kappa shape index (κ1) is 16.4. The zero-order valence-electron chi connectivity index (χ0n) is 13.0. The van der Waals surface area contributed by atoms with Crippen LogP contribution in [0.4, 0.5) is 0 Å². The van der Waals surface area contributed by atoms with Gasteiger partial charge in [0, 0.05) is 24.7 Å². The summed E-state index contributed by atoms with van der Waals surface area (Å²) in [5.74, 6) is -0.173. The van der Waals surface area contributed by atoms with Gasteiger partial charge >= 0.3 is 0 Å². The number of benzene rings is 2. The van der Waals surface area contributed by atoms with Crippen molar-refractivity contribution in [2.75, 3.05) is 13.2 Å². The summed E-state index contributed by atoms with van der Waals surface area (Å²) in [6, 6.07) is 17.1. The van der Waals surface area contributed by atoms with Crippen LogP contribution in [0.15, 0.2) is 60.8 Å². The predicted molar refractivity (Wildman–Crippen MR) is 95.0 cm³/mol. The molecule has 24 heavy (non-hydrogen) atoms. The molecule has 1 N–H and O–H groups in total. The van der Waals surface area contributed by atoms with Crippen LogP contribution in [0.5, 0.6) is 0 Å². The largest absolute Gasteiger partial charge is 0.395 e. The Morgan fingerprint density at radius 2 is 1.71 bits per heavy atom. The van der Waals surface area contributed by atoms with Gasteiger partial charge in [-0.3, -0.25) is 4.79 Å². The van der Waals surface area contributed by atoms with Crippen LogP contribution in [-0.2, 0) is 6.54 Å². The Morgan fingerprint density at radius 3 is 2.42 bits per heavy atom. The number of aliphatic hydroxyl groups is 1. The molecule has 1 amide bonds. The van der Waals surface area contributed by atoms with E-state index in [2.05, 4.69) is 4.98 Å². The first-order valence-corrected chi connectivity index (χ1v) is 8.06. The number of aliphatic hydroxyl groups excluding tert-OH is 1. The van der Waals surface area contributed by atoms with Crippen LogP contribution in [0.1, 0.15) is 15.9 Å². The molecule has 0 aliphatic carbocycles. The van der Waals surface area contributed by atoms with Gasteiger partial charge in [-0.1, -0.05) is 66.2 Å². The molecule has 5 heteroatoms. The number of nitrogens with zero attached hydrogens (tertiary/aromatic N) is 2. The van der Waals surface area contributed by atoms with Crippen molar-refractivity contribution in [1.29, 1.82) is 0 Å². The SMILES string of the molecule is O=C(c1cnc(Cl)c2ccccc12)N(CCO)Cc1ccccc1. The van der Waals surface area contributed by atoms with Crippen molar-refractivity contribution < 1.29 is 9.90 Å². The van der Waals surface area contributed by atoms with Gasteiger partial charge in [-0.25, -0.2) is 4.98 Å². The summed E-state index contributed by atoms with van der Waals surface area (Å²) < 4.78 is 0. The van der Waals surface area contributed by atoms with Crippen molar-refractivity contribution in [3.8, 4) is 0 Å². The van der Waals surface area contributed by atoms with Crippen LogP contribution in [0.25, 0.3) is 10.8 Å². The van der Waals surface area contributed by atoms with Gasteiger partial charge in [0.25, 0.3) is 5.91 Å². The highest BCUT2D eigenvalue weighted by atomic mass is 35.5. The number of halogens is 1. The lowest BCUT2D eigenvalue weighted by molar-refractivity contribution is 0.0709. The average Bonchev–Trinajstić information content (AvgIpc) is 2.62. The zero-order chi connectivity index (χ0) is 16.9. The van der Waals surface area contributed by atoms with Gasteiger partial charge in [0.05, 0.1) is 12.2 Å². The van der Waals surface area contributed by atoms with E-state index in [4.69, 9.17) is 11.6 Å². The number of hydrogen-bond acceptors (Lipinski definition) is 3. The minimum atomic E-state index is -0.173. The van der Waals surface area contributed by atoms with E-state index < -0.39 is 0 Å². The third-order valence-electron chi connectivity index (χ3n) is 3.85. The number of amides is 1. The Balaban J connectivity index is 1.97. The lowest BCUT2D eigenvalue weighted by Crippen LogP contribution is -2.33. The fourth-order valence-corrected chi connectivity index (χ4v) is 2.89. The van der Waals surface area contributed by atoms with Crippen LogP contribution in [0.2, 0.25) is 5.15 Å². The lowest BCUT2D eigenvalue weighted by Gasteiger charge is -2.22. The molecule has 0 unspecified atom stereocenters. The molecule has 0 aliphatic heterocycles. The summed E-state index contributed by atoms with van der Waals surface area (Å²) >= 11 is 6.13. The first-order chi connectivity index (χ1) is 11.7. The van der Waals surface area contributed by atoms with Crippen LogP contribution in [0.3, 0.4) is 0 Å². The molecule has 0 bridgehead atoms. The van der Waals surface area contributed by atoms with Gasteiger partial charge < -0.3 is 10.0 Å². The number of aromatic nitrogens is 1. The normalized spacial score (nSPS) is 10.8. The summed E-state index contributed by atoms with van der Waals surface area (Å²) in [6.07, 6.45) is 1.50. The Kier molecular flexibility index (Phi) is 5.08. The molecule has 0 saturated carbocycles. The van der Waals surface area contributed by atoms with Crippen molar-refractivity contribution in [1.82, 2.24) is 9.88 Å². The molecule has 4 nitrogen and oxygen atoms in total. The van der Waals surface area contributed by atoms with Crippen molar-refractivity contribution in [3.05, 3.63) is 77.1 Å². The standard InChI is InChI=1S/C19H17ClN2O2/c20-18-16-9-5-4-8-15(16)17(12-21-18)19(24)22(10-11-23)13-14-6-2-1-3-7-14/h1-9,12,23H,10-11,13H2. The monoisotopic (exact) mass is 340 g/mol. The second-order valence-corrected chi connectivity index (χ2v) is 5.80. The summed E-state index contributed by atoms with van der Waals surface area (Å²) in [4.78, 5) is 18.7. The van der Waals surface area contributed by atoms with E-state index in [1.54, 1.807) is 4.90 Å². The van der Waals surface area contributed by atoms with Gasteiger partial charge in [0.15, 0.2) is 0 Å². The number of carbonyl (C=O) groups is 1. The zero-order valence-corrected chi connectivity index (χ0v) is 13.8. The number of carbonyl (C=O) groups excluding carboxylic acids is 1. The molecule has 3 rings (SSSR count). The Morgan fingerprint density at radius 1 is 1.04 bits per heavy atom. The molecular formula is C19H17ClN2O2. The van der Waals surface area contributed by atoms with Crippen molar-refractivity contribution in [2.24, 2.45) is 0 Å². The molecule has 122 valence electrons. The average molecular weight is 341 g/mol. The maximum Gasteiger partial charge on any atom is 0.256 e. The molecule has 0 atom stereocenters. The molecule has 0 aliphatic rings. The fraction of sp³-hybridized carbons (Fsp3) is 0.158. The van der Waals surface area contributed by atoms with E-state index in [1.165, 1.54) is 6.20 Å². The highest BCUT2D eigenvalue weighted by molar-refractivity contribution is 6.34. The van der Waals surface area contributed by atoms with Gasteiger partial charge in [0.2, 0.25) is 0 Å². The molecule has 1 aromatic heterocycles. The third kappa shape index (κ3) is 3.40. The maximum atomic E-state index is 13.0. The molecule has 0 radical (unpaired) electrons. The number of pyridine rings is 1. The lowest BCUT2D eigenvalue weighted by atomic mass is 10.1. The molecule has 0 spiro atoms. The smallest absolute Gasteiger partial charge is 0.256 e. The molecular weight excluding hydrogens is 324 g/mol. The van der Waals surface area contributed by atoms with E-state index >= 15 is 0 Å². The highest BCUT2D eigenvalue weighted by Gasteiger charge is 2.19. The van der Waals surface area contributed by atoms with Crippen molar-refractivity contribution in [3.63, 3.8) is 0 Å². The molecule has 2 aromatic carbocycles. The topological polar surface area (TPSA) is 53.4 Å². The van der Waals surface area contributed by atoms with Crippen molar-refractivity contribution in [2.45, 2.75) is 6.54 Å². The first-order valence-electron chi connectivity index (χ1n) is 7.68. The van der Waals surface area contributed by atoms with E-state index in [0.717, 1.165) is 16.3 Å². The molecule has 0 fully saturated rings. The van der Waals surface area contributed by atoms with E-state index in [9.17, 15) is 9.90 Å². The second-order valence-electron chi connectivity index (χ2n) is 5.44. The summed E-state index contributed by atoms with van der Waals surface area (Å²) in [5, 5.41) is 11.2. The predicted octanol–water partition coefficient (Wildman–Crippen LogP) is 3.52. The summed E-state index contributed by atoms with van der Waals surface area (Å²) in [5.41, 5.74) is 1.49. The quantitative estimate of drug-likeness (QED) is 0.723. The second kappa shape index (κ2) is 7.43. The third-order valence-corrected chi connectivity index (χ3v) is 4.15. The molecule has 0 saturated heterocycles. The Labute approximate surface area is 145 Å². The van der Waals surface area contributed by atoms with Gasteiger partial charge in [-0.15, -0.1) is 0 Å². The van der Waals surface area contributed by atoms with Crippen LogP contribution < -0.4 is 0 Å². The summed E-state index contributed by atoms with van der Waals surface area (Å²) in [6.45, 7) is 0.583. The number of fused-ring (bicyclic) bond motifs is 1. The maximum absolute atomic E-state index is 13.0. The van der Waals surface area contributed by atoms with E-state index in [1.807, 2.05) is 54.6 Å². The fourth-order valence-electron chi connectivity index (χ4n) is 2.68. The summed E-state index contributed by atoms with van der Waals surface area (Å²) in [7, 11) is 0. The van der Waals surface area contributed by atoms with Crippen LogP contribution >= 0.6 is 11.6 Å². The Hall–Kier alpha value is -2.43. The van der Waals surface area contributed by atoms with Crippen LogP contribution in [0, 0.1) is 0 Å². The highest BCUT2D eigenvalue weighted by Crippen LogP contribution is 2.25. The Bertz CT molecular complexity index is 852. The minimum absolute atomic E-state index is 0.0997. The van der Waals surface area contributed by atoms with Crippen LogP contribution in [-0.4, -0.2) is 34.0 Å². The van der Waals surface area contributed by atoms with Gasteiger partial charge in [-0.2, -0.15) is 0 Å². The number of hydrogen-bond donors (Lipinski definition) is 1. The van der Waals surface area contributed by atoms with Gasteiger partial charge in [-0.05, 0) is 10.9 Å². The van der Waals surface area contributed by atoms with Gasteiger partial charge in [0.1, 0.15) is 5.15 Å². The molecule has 1 heterocycles. The van der Waals surface area contributed by atoms with E-state index in [0.29, 0.717) is 17.3 Å². The van der Waals surface area contributed by atoms with E-state index in [-0.39, 0.29) is 19.1 Å². The number of rotatable bonds is 5.